The van der Waals surface area contributed by atoms with Crippen molar-refractivity contribution in [2.24, 2.45) is 0 Å². The molecule has 2 atom stereocenters. The number of hydrogen-bond acceptors (Lipinski definition) is 3. The van der Waals surface area contributed by atoms with E-state index in [1.54, 1.807) is 0 Å². The molecular formula is C43H36N2O2. The van der Waals surface area contributed by atoms with E-state index < -0.39 is 0 Å². The van der Waals surface area contributed by atoms with Crippen LogP contribution < -0.4 is 9.64 Å². The summed E-state index contributed by atoms with van der Waals surface area (Å²) in [5.41, 5.74) is 15.2. The van der Waals surface area contributed by atoms with Gasteiger partial charge < -0.3 is 14.1 Å². The molecule has 0 spiro atoms. The molecule has 7 aromatic rings. The molecule has 0 radical (unpaired) electrons. The Kier molecular flexibility index (Phi) is 6.23. The van der Waals surface area contributed by atoms with Crippen molar-refractivity contribution < 1.29 is 9.15 Å². The minimum atomic E-state index is -0.117. The predicted molar refractivity (Wildman–Crippen MR) is 193 cm³/mol. The summed E-state index contributed by atoms with van der Waals surface area (Å²) in [7, 11) is 0. The zero-order valence-corrected chi connectivity index (χ0v) is 27.1. The largest absolute Gasteiger partial charge is 0.469 e. The smallest absolute Gasteiger partial charge is 0.213 e. The molecule has 0 saturated heterocycles. The number of hydrogen-bond donors (Lipinski definition) is 0. The van der Waals surface area contributed by atoms with E-state index in [1.807, 2.05) is 0 Å². The molecule has 47 heavy (non-hydrogen) atoms. The van der Waals surface area contributed by atoms with Crippen LogP contribution in [0.15, 0.2) is 125 Å². The van der Waals surface area contributed by atoms with Crippen molar-refractivity contribution in [1.29, 1.82) is 0 Å². The van der Waals surface area contributed by atoms with Gasteiger partial charge in [0.25, 0.3) is 0 Å². The summed E-state index contributed by atoms with van der Waals surface area (Å²) in [6.45, 7) is 8.79. The third kappa shape index (κ3) is 4.21. The van der Waals surface area contributed by atoms with Crippen LogP contribution in [0.25, 0.3) is 45.0 Å². The van der Waals surface area contributed by atoms with Gasteiger partial charge in [0.2, 0.25) is 5.71 Å². The van der Waals surface area contributed by atoms with Crippen molar-refractivity contribution in [2.75, 3.05) is 4.90 Å². The first-order valence-electron chi connectivity index (χ1n) is 16.6. The number of ether oxygens (including phenoxy) is 1. The Morgan fingerprint density at radius 1 is 0.766 bits per heavy atom. The average Bonchev–Trinajstić information content (AvgIpc) is 3.81. The highest BCUT2D eigenvalue weighted by Crippen LogP contribution is 2.55. The summed E-state index contributed by atoms with van der Waals surface area (Å²) >= 11 is 0. The number of benzene rings is 5. The van der Waals surface area contributed by atoms with Gasteiger partial charge in [0.1, 0.15) is 11.3 Å². The topological polar surface area (TPSA) is 30.5 Å². The van der Waals surface area contributed by atoms with E-state index >= 15 is 0 Å². The third-order valence-corrected chi connectivity index (χ3v) is 10.1. The number of nitrogens with zero attached hydrogens (tertiary/aromatic N) is 2. The SMILES string of the molecule is CC/C(C)=C\c1c(C)c2c3cc(-c4ccc5c(c4)C4c6ccc(C)cc6N(c6ccccc6)C4O5)ccc3oc2n1-c1ccccc1. The van der Waals surface area contributed by atoms with Gasteiger partial charge >= 0.3 is 0 Å². The molecule has 0 N–H and O–H groups in total. The first kappa shape index (κ1) is 27.8. The Labute approximate surface area is 275 Å². The average molecular weight is 613 g/mol. The number of furan rings is 1. The van der Waals surface area contributed by atoms with E-state index in [1.165, 1.54) is 55.7 Å². The summed E-state index contributed by atoms with van der Waals surface area (Å²) < 4.78 is 15.7. The molecule has 4 heteroatoms. The van der Waals surface area contributed by atoms with Gasteiger partial charge in [-0.15, -0.1) is 0 Å². The second kappa shape index (κ2) is 10.5. The lowest BCUT2D eigenvalue weighted by Crippen LogP contribution is -2.32. The summed E-state index contributed by atoms with van der Waals surface area (Å²) in [5.74, 6) is 1.09. The van der Waals surface area contributed by atoms with E-state index in [-0.39, 0.29) is 12.1 Å². The highest BCUT2D eigenvalue weighted by Gasteiger charge is 2.47. The van der Waals surface area contributed by atoms with Crippen molar-refractivity contribution in [3.05, 3.63) is 149 Å². The first-order valence-corrected chi connectivity index (χ1v) is 16.6. The molecule has 0 aliphatic carbocycles. The van der Waals surface area contributed by atoms with Crippen molar-refractivity contribution >= 4 is 39.5 Å². The van der Waals surface area contributed by atoms with Gasteiger partial charge in [0.05, 0.1) is 17.0 Å². The second-order valence-electron chi connectivity index (χ2n) is 13.0. The van der Waals surface area contributed by atoms with E-state index in [0.29, 0.717) is 0 Å². The van der Waals surface area contributed by atoms with Crippen LogP contribution in [0.4, 0.5) is 11.4 Å². The summed E-state index contributed by atoms with van der Waals surface area (Å²) in [4.78, 5) is 2.37. The van der Waals surface area contributed by atoms with Crippen LogP contribution in [0.5, 0.6) is 5.75 Å². The van der Waals surface area contributed by atoms with E-state index in [0.717, 1.165) is 40.2 Å². The number of allylic oxidation sites excluding steroid dienone is 1. The Balaban J connectivity index is 1.18. The highest BCUT2D eigenvalue weighted by molar-refractivity contribution is 6.09. The van der Waals surface area contributed by atoms with Gasteiger partial charge in [-0.1, -0.05) is 73.2 Å². The number of aryl methyl sites for hydroxylation is 2. The van der Waals surface area contributed by atoms with E-state index in [4.69, 9.17) is 9.15 Å². The molecule has 2 aliphatic heterocycles. The number of rotatable bonds is 5. The number of fused-ring (bicyclic) bond motifs is 8. The second-order valence-corrected chi connectivity index (χ2v) is 13.0. The standard InChI is InChI=1S/C43H36N2O2/c1-5-26(2)22-36-28(4)40-34-24-29(17-20-38(34)46-42(40)44(36)31-12-8-6-9-13-31)30-18-21-39-35(25-30)41-33-19-16-27(3)23-37(33)45(43(41)47-39)32-14-10-7-11-15-32/h6-25,41,43H,5H2,1-4H3/b26-22-. The summed E-state index contributed by atoms with van der Waals surface area (Å²) in [5, 5.41) is 2.31. The minimum Gasteiger partial charge on any atom is -0.469 e. The maximum Gasteiger partial charge on any atom is 0.213 e. The molecule has 0 amide bonds. The van der Waals surface area contributed by atoms with Crippen LogP contribution >= 0.6 is 0 Å². The molecular weight excluding hydrogens is 576 g/mol. The normalized spacial score (nSPS) is 16.9. The van der Waals surface area contributed by atoms with Crippen molar-refractivity contribution in [2.45, 2.75) is 46.3 Å². The Morgan fingerprint density at radius 3 is 2.26 bits per heavy atom. The van der Waals surface area contributed by atoms with Crippen LogP contribution in [-0.4, -0.2) is 10.8 Å². The number of para-hydroxylation sites is 2. The maximum absolute atomic E-state index is 6.74. The van der Waals surface area contributed by atoms with Gasteiger partial charge in [-0.05, 0) is 116 Å². The molecule has 5 aromatic carbocycles. The Morgan fingerprint density at radius 2 is 1.49 bits per heavy atom. The zero-order valence-electron chi connectivity index (χ0n) is 27.1. The minimum absolute atomic E-state index is 0.117. The lowest BCUT2D eigenvalue weighted by atomic mass is 9.90. The van der Waals surface area contributed by atoms with E-state index in [2.05, 4.69) is 158 Å². The lowest BCUT2D eigenvalue weighted by molar-refractivity contribution is 0.234. The summed E-state index contributed by atoms with van der Waals surface area (Å²) in [6.07, 6.45) is 3.20. The molecule has 0 bridgehead atoms. The third-order valence-electron chi connectivity index (χ3n) is 10.1. The van der Waals surface area contributed by atoms with Gasteiger partial charge in [-0.3, -0.25) is 4.57 Å². The highest BCUT2D eigenvalue weighted by atomic mass is 16.5. The molecule has 4 nitrogen and oxygen atoms in total. The lowest BCUT2D eigenvalue weighted by Gasteiger charge is -2.26. The zero-order chi connectivity index (χ0) is 31.8. The molecule has 230 valence electrons. The van der Waals surface area contributed by atoms with E-state index in [9.17, 15) is 0 Å². The first-order chi connectivity index (χ1) is 23.0. The van der Waals surface area contributed by atoms with Crippen molar-refractivity contribution in [1.82, 2.24) is 4.57 Å². The fraction of sp³-hybridized carbons (Fsp3) is 0.163. The molecule has 2 aliphatic rings. The Hall–Kier alpha value is -5.48. The maximum atomic E-state index is 6.74. The fourth-order valence-electron chi connectivity index (χ4n) is 7.62. The van der Waals surface area contributed by atoms with Gasteiger partial charge in [0.15, 0.2) is 6.23 Å². The number of aromatic nitrogens is 1. The molecule has 2 aromatic heterocycles. The van der Waals surface area contributed by atoms with Crippen LogP contribution in [0, 0.1) is 13.8 Å². The van der Waals surface area contributed by atoms with Crippen LogP contribution in [0.3, 0.4) is 0 Å². The molecule has 9 rings (SSSR count). The van der Waals surface area contributed by atoms with Gasteiger partial charge in [0, 0.05) is 28.0 Å². The molecule has 4 heterocycles. The van der Waals surface area contributed by atoms with Crippen LogP contribution in [0.2, 0.25) is 0 Å². The quantitative estimate of drug-likeness (QED) is 0.194. The monoisotopic (exact) mass is 612 g/mol. The number of anilines is 2. The van der Waals surface area contributed by atoms with Crippen LogP contribution in [-0.2, 0) is 0 Å². The fourth-order valence-corrected chi connectivity index (χ4v) is 7.62. The summed E-state index contributed by atoms with van der Waals surface area (Å²) in [6, 6.07) is 41.3. The Bertz CT molecular complexity index is 2360. The van der Waals surface area contributed by atoms with Gasteiger partial charge in [-0.25, -0.2) is 0 Å². The predicted octanol–water partition coefficient (Wildman–Crippen LogP) is 11.5. The van der Waals surface area contributed by atoms with Crippen molar-refractivity contribution in [3.63, 3.8) is 0 Å². The van der Waals surface area contributed by atoms with Gasteiger partial charge in [-0.2, -0.15) is 0 Å². The molecule has 0 fully saturated rings. The van der Waals surface area contributed by atoms with Crippen LogP contribution in [0.1, 0.15) is 54.1 Å². The van der Waals surface area contributed by atoms with Crippen molar-refractivity contribution in [3.8, 4) is 22.6 Å². The molecule has 2 unspecified atom stereocenters. The molecule has 0 saturated carbocycles.